The van der Waals surface area contributed by atoms with E-state index in [4.69, 9.17) is 26.2 Å². The molecule has 3 aromatic rings. The number of hydrogen-bond acceptors (Lipinski definition) is 5. The highest BCUT2D eigenvalue weighted by Gasteiger charge is 2.11. The first-order valence-electron chi connectivity index (χ1n) is 8.03. The van der Waals surface area contributed by atoms with Gasteiger partial charge in [0, 0.05) is 17.7 Å². The maximum absolute atomic E-state index is 10.4. The quantitative estimate of drug-likeness (QED) is 0.603. The molecule has 0 spiro atoms. The van der Waals surface area contributed by atoms with Gasteiger partial charge in [0.2, 0.25) is 5.88 Å². The van der Waals surface area contributed by atoms with E-state index in [9.17, 15) is 4.79 Å². The summed E-state index contributed by atoms with van der Waals surface area (Å²) in [6.45, 7) is 0.455. The Bertz CT molecular complexity index is 910. The summed E-state index contributed by atoms with van der Waals surface area (Å²) in [7, 11) is 1.56. The van der Waals surface area contributed by atoms with Gasteiger partial charge in [0.1, 0.15) is 12.4 Å². The zero-order valence-corrected chi connectivity index (χ0v) is 15.2. The summed E-state index contributed by atoms with van der Waals surface area (Å²) < 4.78 is 12.3. The van der Waals surface area contributed by atoms with E-state index >= 15 is 0 Å². The van der Waals surface area contributed by atoms with E-state index in [0.717, 1.165) is 16.9 Å². The minimum absolute atomic E-state index is 0.212. The van der Waals surface area contributed by atoms with Crippen molar-refractivity contribution in [1.29, 1.82) is 0 Å². The van der Waals surface area contributed by atoms with Crippen LogP contribution < -0.4 is 14.8 Å². The largest absolute Gasteiger partial charge is 0.492 e. The Morgan fingerprint density at radius 2 is 2.04 bits per heavy atom. The first-order chi connectivity index (χ1) is 13.1. The highest BCUT2D eigenvalue weighted by atomic mass is 35.5. The number of halogens is 1. The third kappa shape index (κ3) is 4.68. The van der Waals surface area contributed by atoms with E-state index in [-0.39, 0.29) is 13.2 Å². The lowest BCUT2D eigenvalue weighted by molar-refractivity contribution is 0.191. The molecule has 0 aliphatic heterocycles. The minimum atomic E-state index is -1.08. The molecule has 0 saturated heterocycles. The van der Waals surface area contributed by atoms with E-state index in [0.29, 0.717) is 16.8 Å². The number of methoxy groups -OCH3 is 1. The number of carbonyl (C=O) groups is 1. The number of ether oxygens (including phenoxy) is 2. The summed E-state index contributed by atoms with van der Waals surface area (Å²) in [5.74, 6) is 1.15. The van der Waals surface area contributed by atoms with E-state index in [1.165, 1.54) is 0 Å². The SMILES string of the molecule is COc1ccc(-n2nc(Cl)cc2-c2ccc(OCCNC(=O)O)cc2)cn1. The Hall–Kier alpha value is -3.26. The van der Waals surface area contributed by atoms with E-state index < -0.39 is 6.09 Å². The van der Waals surface area contributed by atoms with Gasteiger partial charge in [-0.3, -0.25) is 0 Å². The Morgan fingerprint density at radius 1 is 1.26 bits per heavy atom. The van der Waals surface area contributed by atoms with E-state index in [2.05, 4.69) is 15.4 Å². The van der Waals surface area contributed by atoms with Gasteiger partial charge in [0.05, 0.1) is 31.2 Å². The first kappa shape index (κ1) is 18.5. The van der Waals surface area contributed by atoms with Crippen LogP contribution in [0.25, 0.3) is 16.9 Å². The van der Waals surface area contributed by atoms with Gasteiger partial charge in [-0.1, -0.05) is 11.6 Å². The minimum Gasteiger partial charge on any atom is -0.492 e. The van der Waals surface area contributed by atoms with Crippen molar-refractivity contribution in [3.63, 3.8) is 0 Å². The van der Waals surface area contributed by atoms with Crippen LogP contribution in [0.1, 0.15) is 0 Å². The van der Waals surface area contributed by atoms with Crippen LogP contribution in [0.15, 0.2) is 48.7 Å². The van der Waals surface area contributed by atoms with Crippen LogP contribution in [0.2, 0.25) is 5.15 Å². The van der Waals surface area contributed by atoms with Crippen molar-refractivity contribution in [1.82, 2.24) is 20.1 Å². The molecular formula is C18H17ClN4O4. The third-order valence-electron chi connectivity index (χ3n) is 3.65. The summed E-state index contributed by atoms with van der Waals surface area (Å²) in [6, 6.07) is 12.7. The van der Waals surface area contributed by atoms with Crippen LogP contribution in [0.4, 0.5) is 4.79 Å². The van der Waals surface area contributed by atoms with Crippen LogP contribution in [0.5, 0.6) is 11.6 Å². The van der Waals surface area contributed by atoms with Crippen molar-refractivity contribution in [2.24, 2.45) is 0 Å². The Labute approximate surface area is 160 Å². The molecule has 0 atom stereocenters. The van der Waals surface area contributed by atoms with Crippen molar-refractivity contribution in [3.8, 4) is 28.6 Å². The predicted molar refractivity (Wildman–Crippen MR) is 99.9 cm³/mol. The van der Waals surface area contributed by atoms with Gasteiger partial charge >= 0.3 is 6.09 Å². The smallest absolute Gasteiger partial charge is 0.404 e. The lowest BCUT2D eigenvalue weighted by atomic mass is 10.1. The van der Waals surface area contributed by atoms with Crippen molar-refractivity contribution in [2.75, 3.05) is 20.3 Å². The molecule has 2 heterocycles. The number of nitrogens with zero attached hydrogens (tertiary/aromatic N) is 3. The molecule has 0 aliphatic carbocycles. The normalized spacial score (nSPS) is 10.4. The molecule has 2 aromatic heterocycles. The molecule has 3 rings (SSSR count). The lowest BCUT2D eigenvalue weighted by Gasteiger charge is -2.09. The van der Waals surface area contributed by atoms with E-state index in [1.54, 1.807) is 42.3 Å². The van der Waals surface area contributed by atoms with Crippen molar-refractivity contribution in [3.05, 3.63) is 53.8 Å². The molecule has 8 nitrogen and oxygen atoms in total. The number of aromatic nitrogens is 3. The highest BCUT2D eigenvalue weighted by Crippen LogP contribution is 2.27. The average molecular weight is 389 g/mol. The Balaban J connectivity index is 1.77. The molecular weight excluding hydrogens is 372 g/mol. The number of rotatable bonds is 7. The summed E-state index contributed by atoms with van der Waals surface area (Å²) in [4.78, 5) is 14.6. The molecule has 140 valence electrons. The molecule has 0 bridgehead atoms. The number of benzene rings is 1. The fourth-order valence-electron chi connectivity index (χ4n) is 2.42. The second-order valence-corrected chi connectivity index (χ2v) is 5.81. The lowest BCUT2D eigenvalue weighted by Crippen LogP contribution is -2.26. The summed E-state index contributed by atoms with van der Waals surface area (Å²) in [6.07, 6.45) is 0.575. The second-order valence-electron chi connectivity index (χ2n) is 5.43. The van der Waals surface area contributed by atoms with Gasteiger partial charge in [0.25, 0.3) is 0 Å². The molecule has 0 radical (unpaired) electrons. The third-order valence-corrected chi connectivity index (χ3v) is 3.84. The number of pyridine rings is 1. The zero-order valence-electron chi connectivity index (χ0n) is 14.4. The Kier molecular flexibility index (Phi) is 5.77. The van der Waals surface area contributed by atoms with Crippen molar-refractivity contribution < 1.29 is 19.4 Å². The highest BCUT2D eigenvalue weighted by molar-refractivity contribution is 6.29. The fourth-order valence-corrected chi connectivity index (χ4v) is 2.60. The first-order valence-corrected chi connectivity index (χ1v) is 8.40. The second kappa shape index (κ2) is 8.41. The van der Waals surface area contributed by atoms with Gasteiger partial charge in [0.15, 0.2) is 5.15 Å². The summed E-state index contributed by atoms with van der Waals surface area (Å²) >= 11 is 6.11. The number of hydrogen-bond donors (Lipinski definition) is 2. The standard InChI is InChI=1S/C18H17ClN4O4/c1-26-17-7-4-13(11-21-17)23-15(10-16(19)22-23)12-2-5-14(6-3-12)27-9-8-20-18(24)25/h2-7,10-11,20H,8-9H2,1H3,(H,24,25). The monoisotopic (exact) mass is 388 g/mol. The zero-order chi connectivity index (χ0) is 19.2. The van der Waals surface area contributed by atoms with Crippen molar-refractivity contribution in [2.45, 2.75) is 0 Å². The molecule has 0 fully saturated rings. The molecule has 1 amide bonds. The average Bonchev–Trinajstić information content (AvgIpc) is 3.07. The van der Waals surface area contributed by atoms with Gasteiger partial charge in [-0.15, -0.1) is 0 Å². The van der Waals surface area contributed by atoms with Crippen LogP contribution in [0, 0.1) is 0 Å². The molecule has 0 aliphatic rings. The van der Waals surface area contributed by atoms with Gasteiger partial charge in [-0.05, 0) is 30.3 Å². The number of carboxylic acid groups (broad SMARTS) is 1. The molecule has 9 heteroatoms. The van der Waals surface area contributed by atoms with Gasteiger partial charge in [-0.2, -0.15) is 5.10 Å². The van der Waals surface area contributed by atoms with Gasteiger partial charge in [-0.25, -0.2) is 14.5 Å². The molecule has 0 saturated carbocycles. The molecule has 27 heavy (non-hydrogen) atoms. The summed E-state index contributed by atoms with van der Waals surface area (Å²) in [5, 5.41) is 15.4. The molecule has 2 N–H and O–H groups in total. The molecule has 1 aromatic carbocycles. The van der Waals surface area contributed by atoms with Crippen molar-refractivity contribution >= 4 is 17.7 Å². The van der Waals surface area contributed by atoms with Crippen LogP contribution in [-0.4, -0.2) is 46.2 Å². The fraction of sp³-hybridized carbons (Fsp3) is 0.167. The number of nitrogens with one attached hydrogen (secondary N) is 1. The topological polar surface area (TPSA) is 98.5 Å². The molecule has 0 unspecified atom stereocenters. The maximum atomic E-state index is 10.4. The Morgan fingerprint density at radius 3 is 2.67 bits per heavy atom. The summed E-state index contributed by atoms with van der Waals surface area (Å²) in [5.41, 5.74) is 2.44. The van der Waals surface area contributed by atoms with Crippen LogP contribution in [-0.2, 0) is 0 Å². The number of amides is 1. The van der Waals surface area contributed by atoms with Gasteiger partial charge < -0.3 is 19.9 Å². The maximum Gasteiger partial charge on any atom is 0.404 e. The van der Waals surface area contributed by atoms with E-state index in [1.807, 2.05) is 18.2 Å². The van der Waals surface area contributed by atoms with Crippen LogP contribution in [0.3, 0.4) is 0 Å². The predicted octanol–water partition coefficient (Wildman–Crippen LogP) is 3.24. The van der Waals surface area contributed by atoms with Crippen LogP contribution >= 0.6 is 11.6 Å².